The largest absolute Gasteiger partial charge is 0.507 e. The Bertz CT molecular complexity index is 1090. The van der Waals surface area contributed by atoms with Gasteiger partial charge in [0.25, 0.3) is 0 Å². The van der Waals surface area contributed by atoms with Gasteiger partial charge in [-0.15, -0.1) is 11.3 Å². The van der Waals surface area contributed by atoms with Gasteiger partial charge in [-0.05, 0) is 60.3 Å². The molecule has 2 aromatic carbocycles. The molecule has 0 bridgehead atoms. The quantitative estimate of drug-likeness (QED) is 0.440. The van der Waals surface area contributed by atoms with Crippen molar-refractivity contribution in [1.82, 2.24) is 10.3 Å². The van der Waals surface area contributed by atoms with E-state index < -0.39 is 0 Å². The average Bonchev–Trinajstić information content (AvgIpc) is 3.12. The van der Waals surface area contributed by atoms with Gasteiger partial charge in [-0.2, -0.15) is 0 Å². The second-order valence-electron chi connectivity index (χ2n) is 6.22. The number of fused-ring (bicyclic) bond motifs is 3. The normalized spacial score (nSPS) is 11.5. The lowest BCUT2D eigenvalue weighted by Crippen LogP contribution is -2.16. The molecule has 0 atom stereocenters. The molecule has 2 N–H and O–H groups in total. The van der Waals surface area contributed by atoms with Crippen molar-refractivity contribution in [3.05, 3.63) is 58.6 Å². The van der Waals surface area contributed by atoms with Crippen LogP contribution in [-0.4, -0.2) is 23.2 Å². The third kappa shape index (κ3) is 3.05. The minimum atomic E-state index is 0.245. The van der Waals surface area contributed by atoms with Gasteiger partial charge >= 0.3 is 0 Å². The number of nitrogens with zero attached hydrogens (tertiary/aromatic N) is 1. The molecule has 3 nitrogen and oxygen atoms in total. The second kappa shape index (κ2) is 7.23. The molecule has 0 saturated heterocycles. The Labute approximate surface area is 161 Å². The molecule has 2 heterocycles. The van der Waals surface area contributed by atoms with E-state index in [1.54, 1.807) is 17.4 Å². The topological polar surface area (TPSA) is 45.1 Å². The molecule has 0 saturated carbocycles. The number of phenols is 1. The van der Waals surface area contributed by atoms with Crippen molar-refractivity contribution in [2.24, 2.45) is 0 Å². The number of hydrogen-bond acceptors (Lipinski definition) is 4. The average molecular weight is 383 g/mol. The summed E-state index contributed by atoms with van der Waals surface area (Å²) >= 11 is 8.19. The van der Waals surface area contributed by atoms with E-state index in [0.717, 1.165) is 62.2 Å². The van der Waals surface area contributed by atoms with Gasteiger partial charge in [0.2, 0.25) is 0 Å². The van der Waals surface area contributed by atoms with Gasteiger partial charge < -0.3 is 10.4 Å². The number of rotatable bonds is 5. The highest BCUT2D eigenvalue weighted by atomic mass is 35.5. The molecule has 0 aliphatic carbocycles. The van der Waals surface area contributed by atoms with Crippen LogP contribution in [0.3, 0.4) is 0 Å². The molecule has 0 spiro atoms. The minimum absolute atomic E-state index is 0.245. The van der Waals surface area contributed by atoms with Crippen LogP contribution >= 0.6 is 22.9 Å². The highest BCUT2D eigenvalue weighted by Crippen LogP contribution is 2.41. The number of likely N-dealkylation sites (N-methyl/N-ethyl adjacent to an activating group) is 1. The number of nitrogens with one attached hydrogen (secondary N) is 1. The molecule has 26 heavy (non-hydrogen) atoms. The fourth-order valence-corrected chi connectivity index (χ4v) is 4.35. The molecule has 4 rings (SSSR count). The highest BCUT2D eigenvalue weighted by molar-refractivity contribution is 7.17. The molecule has 0 fully saturated rings. The van der Waals surface area contributed by atoms with Gasteiger partial charge in [0.15, 0.2) is 0 Å². The van der Waals surface area contributed by atoms with E-state index in [9.17, 15) is 5.11 Å². The zero-order chi connectivity index (χ0) is 18.1. The number of thiophene rings is 1. The lowest BCUT2D eigenvalue weighted by atomic mass is 9.96. The molecule has 0 aliphatic rings. The summed E-state index contributed by atoms with van der Waals surface area (Å²) in [6.07, 6.45) is 2.77. The van der Waals surface area contributed by atoms with Crippen LogP contribution in [0.1, 0.15) is 12.5 Å². The first-order valence-electron chi connectivity index (χ1n) is 8.66. The lowest BCUT2D eigenvalue weighted by Gasteiger charge is -2.12. The Morgan fingerprint density at radius 2 is 2.08 bits per heavy atom. The first kappa shape index (κ1) is 17.3. The lowest BCUT2D eigenvalue weighted by molar-refractivity contribution is 0.478. The Morgan fingerprint density at radius 3 is 2.88 bits per heavy atom. The molecule has 5 heteroatoms. The summed E-state index contributed by atoms with van der Waals surface area (Å²) < 4.78 is 1.11. The molecule has 132 valence electrons. The van der Waals surface area contributed by atoms with E-state index in [1.165, 1.54) is 0 Å². The predicted molar refractivity (Wildman–Crippen MR) is 111 cm³/mol. The number of aromatic nitrogens is 1. The van der Waals surface area contributed by atoms with Gasteiger partial charge in [-0.1, -0.05) is 30.7 Å². The third-order valence-electron chi connectivity index (χ3n) is 4.61. The fourth-order valence-electron chi connectivity index (χ4n) is 3.31. The van der Waals surface area contributed by atoms with E-state index >= 15 is 0 Å². The molecule has 2 aromatic heterocycles. The van der Waals surface area contributed by atoms with Crippen LogP contribution in [-0.2, 0) is 6.42 Å². The van der Waals surface area contributed by atoms with Crippen molar-refractivity contribution in [3.63, 3.8) is 0 Å². The molecule has 0 radical (unpaired) electrons. The molecular weight excluding hydrogens is 364 g/mol. The Morgan fingerprint density at radius 1 is 1.19 bits per heavy atom. The number of benzene rings is 2. The van der Waals surface area contributed by atoms with Crippen molar-refractivity contribution >= 4 is 43.9 Å². The maximum atomic E-state index is 10.6. The fraction of sp³-hybridized carbons (Fsp3) is 0.190. The minimum Gasteiger partial charge on any atom is -0.507 e. The first-order valence-corrected chi connectivity index (χ1v) is 9.92. The van der Waals surface area contributed by atoms with Crippen LogP contribution < -0.4 is 5.32 Å². The van der Waals surface area contributed by atoms with Crippen LogP contribution in [0, 0.1) is 0 Å². The summed E-state index contributed by atoms with van der Waals surface area (Å²) in [6.45, 7) is 3.94. The maximum Gasteiger partial charge on any atom is 0.124 e. The summed E-state index contributed by atoms with van der Waals surface area (Å²) in [7, 11) is 0. The van der Waals surface area contributed by atoms with Gasteiger partial charge in [-0.3, -0.25) is 4.98 Å². The van der Waals surface area contributed by atoms with Crippen molar-refractivity contribution in [2.75, 3.05) is 13.1 Å². The number of phenolic OH excluding ortho intramolecular Hbond substituents is 1. The maximum absolute atomic E-state index is 10.6. The summed E-state index contributed by atoms with van der Waals surface area (Å²) in [4.78, 5) is 4.56. The van der Waals surface area contributed by atoms with E-state index in [1.807, 2.05) is 24.4 Å². The molecule has 0 amide bonds. The monoisotopic (exact) mass is 382 g/mol. The number of hydrogen-bond donors (Lipinski definition) is 2. The van der Waals surface area contributed by atoms with Crippen LogP contribution in [0.4, 0.5) is 0 Å². The summed E-state index contributed by atoms with van der Waals surface area (Å²) in [5, 5.41) is 18.8. The molecule has 0 unspecified atom stereocenters. The van der Waals surface area contributed by atoms with Crippen molar-refractivity contribution in [1.29, 1.82) is 0 Å². The SMILES string of the molecule is CCNCCc1ccc(-c2c(O)ccc3ncc4sccc4c23)cc1Cl. The van der Waals surface area contributed by atoms with Crippen molar-refractivity contribution in [2.45, 2.75) is 13.3 Å². The number of halogens is 1. The predicted octanol–water partition coefficient (Wildman–Crippen LogP) is 5.63. The van der Waals surface area contributed by atoms with Crippen molar-refractivity contribution in [3.8, 4) is 16.9 Å². The van der Waals surface area contributed by atoms with Gasteiger partial charge in [0.1, 0.15) is 5.75 Å². The van der Waals surface area contributed by atoms with Gasteiger partial charge in [0, 0.05) is 27.6 Å². The van der Waals surface area contributed by atoms with Gasteiger partial charge in [-0.25, -0.2) is 0 Å². The number of pyridine rings is 1. The van der Waals surface area contributed by atoms with E-state index in [-0.39, 0.29) is 5.75 Å². The van der Waals surface area contributed by atoms with E-state index in [2.05, 4.69) is 34.7 Å². The van der Waals surface area contributed by atoms with Gasteiger partial charge in [0.05, 0.1) is 10.2 Å². The number of aromatic hydroxyl groups is 1. The standard InChI is InChI=1S/C21H19ClN2OS/c1-2-23-9-7-13-3-4-14(11-16(13)22)20-18(25)6-5-17-21(20)15-8-10-26-19(15)12-24-17/h3-6,8,10-12,23,25H,2,7,9H2,1H3. The third-order valence-corrected chi connectivity index (χ3v) is 5.81. The molecule has 0 aliphatic heterocycles. The Hall–Kier alpha value is -2.14. The Kier molecular flexibility index (Phi) is 4.81. The Balaban J connectivity index is 1.87. The van der Waals surface area contributed by atoms with E-state index in [0.29, 0.717) is 0 Å². The van der Waals surface area contributed by atoms with Crippen molar-refractivity contribution < 1.29 is 5.11 Å². The molecule has 4 aromatic rings. The second-order valence-corrected chi connectivity index (χ2v) is 7.58. The summed E-state index contributed by atoms with van der Waals surface area (Å²) in [5.74, 6) is 0.245. The first-order chi connectivity index (χ1) is 12.7. The smallest absolute Gasteiger partial charge is 0.124 e. The zero-order valence-corrected chi connectivity index (χ0v) is 16.0. The highest BCUT2D eigenvalue weighted by Gasteiger charge is 2.15. The van der Waals surface area contributed by atoms with Crippen LogP contribution in [0.5, 0.6) is 5.75 Å². The molecular formula is C21H19ClN2OS. The van der Waals surface area contributed by atoms with Crippen LogP contribution in [0.25, 0.3) is 32.1 Å². The van der Waals surface area contributed by atoms with E-state index in [4.69, 9.17) is 11.6 Å². The zero-order valence-electron chi connectivity index (χ0n) is 14.4. The van der Waals surface area contributed by atoms with Crippen LogP contribution in [0.15, 0.2) is 48.0 Å². The summed E-state index contributed by atoms with van der Waals surface area (Å²) in [5.41, 5.74) is 3.68. The summed E-state index contributed by atoms with van der Waals surface area (Å²) in [6, 6.07) is 11.7. The van der Waals surface area contributed by atoms with Crippen LogP contribution in [0.2, 0.25) is 5.02 Å².